The van der Waals surface area contributed by atoms with Crippen LogP contribution in [-0.2, 0) is 19.6 Å². The number of sulfonamides is 1. The number of hydrogen-bond donors (Lipinski definition) is 4. The van der Waals surface area contributed by atoms with Crippen molar-refractivity contribution in [3.05, 3.63) is 70.0 Å². The first-order valence-electron chi connectivity index (χ1n) is 11.1. The maximum Gasteiger partial charge on any atom is 0.245 e. The fraction of sp³-hybridized carbons (Fsp3) is 0.333. The monoisotopic (exact) mass is 566 g/mol. The van der Waals surface area contributed by atoms with Crippen molar-refractivity contribution in [2.45, 2.75) is 30.2 Å². The zero-order valence-corrected chi connectivity index (χ0v) is 21.6. The van der Waals surface area contributed by atoms with E-state index < -0.39 is 27.3 Å². The first kappa shape index (κ1) is 27.0. The lowest BCUT2D eigenvalue weighted by molar-refractivity contribution is -0.133. The topological polar surface area (TPSA) is 116 Å². The number of rotatable bonds is 9. The molecule has 0 bridgehead atoms. The predicted octanol–water partition coefficient (Wildman–Crippen LogP) is 2.24. The van der Waals surface area contributed by atoms with E-state index in [1.807, 2.05) is 6.92 Å². The Hall–Kier alpha value is -2.60. The van der Waals surface area contributed by atoms with Crippen LogP contribution < -0.4 is 20.7 Å². The van der Waals surface area contributed by atoms with Gasteiger partial charge in [0.25, 0.3) is 0 Å². The van der Waals surface area contributed by atoms with Crippen molar-refractivity contribution in [2.75, 3.05) is 26.2 Å². The molecule has 11 heteroatoms. The molecule has 1 aliphatic heterocycles. The van der Waals surface area contributed by atoms with Crippen LogP contribution in [0.2, 0.25) is 0 Å². The molecular weight excluding hydrogens is 539 g/mol. The van der Waals surface area contributed by atoms with Crippen LogP contribution >= 0.6 is 15.9 Å². The molecule has 35 heavy (non-hydrogen) atoms. The lowest BCUT2D eigenvalue weighted by atomic mass is 9.87. The molecule has 2 amide bonds. The Kier molecular flexibility index (Phi) is 9.17. The van der Waals surface area contributed by atoms with Gasteiger partial charge in [-0.15, -0.1) is 0 Å². The van der Waals surface area contributed by atoms with Gasteiger partial charge in [0.1, 0.15) is 11.4 Å². The summed E-state index contributed by atoms with van der Waals surface area (Å²) in [6.45, 7) is 3.02. The Morgan fingerprint density at radius 1 is 1.11 bits per heavy atom. The van der Waals surface area contributed by atoms with Crippen LogP contribution in [0.15, 0.2) is 57.9 Å². The molecule has 0 saturated carbocycles. The van der Waals surface area contributed by atoms with E-state index in [1.54, 1.807) is 18.2 Å². The normalized spacial score (nSPS) is 15.6. The van der Waals surface area contributed by atoms with Crippen molar-refractivity contribution in [2.24, 2.45) is 0 Å². The minimum Gasteiger partial charge on any atom is -0.353 e. The first-order chi connectivity index (χ1) is 16.6. The molecule has 1 fully saturated rings. The van der Waals surface area contributed by atoms with Crippen molar-refractivity contribution in [1.29, 1.82) is 0 Å². The summed E-state index contributed by atoms with van der Waals surface area (Å²) in [6, 6.07) is 10.8. The molecule has 0 spiro atoms. The highest BCUT2D eigenvalue weighted by Crippen LogP contribution is 2.20. The molecule has 0 aromatic heterocycles. The Bertz CT molecular complexity index is 1200. The van der Waals surface area contributed by atoms with Gasteiger partial charge in [0.2, 0.25) is 21.8 Å². The lowest BCUT2D eigenvalue weighted by Crippen LogP contribution is -2.63. The van der Waals surface area contributed by atoms with Crippen molar-refractivity contribution in [3.8, 4) is 0 Å². The summed E-state index contributed by atoms with van der Waals surface area (Å²) >= 11 is 3.11. The third-order valence-electron chi connectivity index (χ3n) is 5.66. The molecule has 0 atom stereocenters. The van der Waals surface area contributed by atoms with E-state index in [2.05, 4.69) is 36.6 Å². The molecule has 0 radical (unpaired) electrons. The summed E-state index contributed by atoms with van der Waals surface area (Å²) in [7, 11) is -3.69. The molecule has 1 saturated heterocycles. The van der Waals surface area contributed by atoms with E-state index >= 15 is 0 Å². The second kappa shape index (κ2) is 11.9. The van der Waals surface area contributed by atoms with Crippen molar-refractivity contribution >= 4 is 43.8 Å². The fourth-order valence-corrected chi connectivity index (χ4v) is 5.09. The van der Waals surface area contributed by atoms with Gasteiger partial charge in [-0.05, 0) is 84.7 Å². The zero-order chi connectivity index (χ0) is 25.5. The third kappa shape index (κ3) is 7.44. The summed E-state index contributed by atoms with van der Waals surface area (Å²) in [5.74, 6) is -1.24. The molecule has 1 aliphatic rings. The van der Waals surface area contributed by atoms with Gasteiger partial charge < -0.3 is 16.0 Å². The highest BCUT2D eigenvalue weighted by molar-refractivity contribution is 9.10. The number of benzene rings is 2. The van der Waals surface area contributed by atoms with Gasteiger partial charge in [0, 0.05) is 19.2 Å². The van der Waals surface area contributed by atoms with Crippen LogP contribution in [0.4, 0.5) is 4.39 Å². The Labute approximate surface area is 212 Å². The molecule has 188 valence electrons. The first-order valence-corrected chi connectivity index (χ1v) is 13.4. The predicted molar refractivity (Wildman–Crippen MR) is 135 cm³/mol. The maximum atomic E-state index is 13.4. The third-order valence-corrected chi connectivity index (χ3v) is 7.74. The SMILES string of the molecule is Cc1ccc(S(=O)(=O)NCCNC(=O)C2(NC(=O)/C=C/c3ccc(F)c(Br)c3)CCNCC2)cc1. The lowest BCUT2D eigenvalue weighted by Gasteiger charge is -2.36. The van der Waals surface area contributed by atoms with Crippen LogP contribution in [0.3, 0.4) is 0 Å². The van der Waals surface area contributed by atoms with Crippen molar-refractivity contribution in [3.63, 3.8) is 0 Å². The number of amides is 2. The summed E-state index contributed by atoms with van der Waals surface area (Å²) < 4.78 is 41.0. The van der Waals surface area contributed by atoms with Gasteiger partial charge in [0.15, 0.2) is 0 Å². The second-order valence-electron chi connectivity index (χ2n) is 8.29. The van der Waals surface area contributed by atoms with Crippen LogP contribution in [0.25, 0.3) is 6.08 Å². The Morgan fingerprint density at radius 2 is 1.80 bits per heavy atom. The van der Waals surface area contributed by atoms with Gasteiger partial charge in [0.05, 0.1) is 9.37 Å². The highest BCUT2D eigenvalue weighted by atomic mass is 79.9. The highest BCUT2D eigenvalue weighted by Gasteiger charge is 2.40. The number of aryl methyl sites for hydroxylation is 1. The van der Waals surface area contributed by atoms with E-state index in [0.717, 1.165) is 5.56 Å². The van der Waals surface area contributed by atoms with E-state index in [-0.39, 0.29) is 28.4 Å². The average molecular weight is 567 g/mol. The molecule has 1 heterocycles. The average Bonchev–Trinajstić information content (AvgIpc) is 2.83. The standard InChI is InChI=1S/C24H28BrFN4O4S/c1-17-2-6-19(7-3-17)35(33,34)29-15-14-28-23(32)24(10-12-27-13-11-24)30-22(31)9-5-18-4-8-21(26)20(25)16-18/h2-9,16,27,29H,10-15H2,1H3,(H,28,32)(H,30,31)/b9-5+. The minimum atomic E-state index is -3.69. The number of nitrogens with one attached hydrogen (secondary N) is 4. The van der Waals surface area contributed by atoms with Gasteiger partial charge in [-0.2, -0.15) is 0 Å². The Morgan fingerprint density at radius 3 is 2.46 bits per heavy atom. The van der Waals surface area contributed by atoms with E-state index in [0.29, 0.717) is 31.5 Å². The summed E-state index contributed by atoms with van der Waals surface area (Å²) in [4.78, 5) is 25.8. The van der Waals surface area contributed by atoms with Gasteiger partial charge >= 0.3 is 0 Å². The quantitative estimate of drug-likeness (QED) is 0.274. The van der Waals surface area contributed by atoms with Gasteiger partial charge in [-0.25, -0.2) is 17.5 Å². The molecule has 8 nitrogen and oxygen atoms in total. The van der Waals surface area contributed by atoms with Crippen molar-refractivity contribution < 1.29 is 22.4 Å². The number of halogens is 2. The van der Waals surface area contributed by atoms with Crippen LogP contribution in [-0.4, -0.2) is 52.0 Å². The molecule has 2 aromatic rings. The summed E-state index contributed by atoms with van der Waals surface area (Å²) in [5.41, 5.74) is 0.454. The van der Waals surface area contributed by atoms with Gasteiger partial charge in [-0.3, -0.25) is 9.59 Å². The van der Waals surface area contributed by atoms with E-state index in [1.165, 1.54) is 36.4 Å². The number of carbonyl (C=O) groups excluding carboxylic acids is 2. The Balaban J connectivity index is 1.57. The molecule has 3 rings (SSSR count). The van der Waals surface area contributed by atoms with Crippen molar-refractivity contribution in [1.82, 2.24) is 20.7 Å². The summed E-state index contributed by atoms with van der Waals surface area (Å²) in [5, 5.41) is 8.72. The minimum absolute atomic E-state index is 0.00355. The number of hydrogen-bond acceptors (Lipinski definition) is 5. The van der Waals surface area contributed by atoms with Crippen LogP contribution in [0.1, 0.15) is 24.0 Å². The number of carbonyl (C=O) groups is 2. The maximum absolute atomic E-state index is 13.4. The molecule has 0 unspecified atom stereocenters. The smallest absolute Gasteiger partial charge is 0.245 e. The molecule has 0 aliphatic carbocycles. The molecule has 4 N–H and O–H groups in total. The van der Waals surface area contributed by atoms with E-state index in [4.69, 9.17) is 0 Å². The summed E-state index contributed by atoms with van der Waals surface area (Å²) in [6.07, 6.45) is 3.60. The van der Waals surface area contributed by atoms with E-state index in [9.17, 15) is 22.4 Å². The number of piperidine rings is 1. The fourth-order valence-electron chi connectivity index (χ4n) is 3.66. The van der Waals surface area contributed by atoms with Crippen LogP contribution in [0, 0.1) is 12.7 Å². The molecule has 2 aromatic carbocycles. The van der Waals surface area contributed by atoms with Gasteiger partial charge in [-0.1, -0.05) is 23.8 Å². The second-order valence-corrected chi connectivity index (χ2v) is 10.9. The zero-order valence-electron chi connectivity index (χ0n) is 19.2. The molecular formula is C24H28BrFN4O4S. The van der Waals surface area contributed by atoms with Crippen LogP contribution in [0.5, 0.6) is 0 Å². The largest absolute Gasteiger partial charge is 0.353 e.